The third-order valence-corrected chi connectivity index (χ3v) is 2.63. The molecule has 0 aliphatic heterocycles. The Morgan fingerprint density at radius 3 is 2.78 bits per heavy atom. The first-order valence-corrected chi connectivity index (χ1v) is 5.67. The van der Waals surface area contributed by atoms with Gasteiger partial charge in [-0.1, -0.05) is 12.1 Å². The lowest BCUT2D eigenvalue weighted by Crippen LogP contribution is -2.02. The number of methoxy groups -OCH3 is 1. The number of nitrogens with zero attached hydrogens (tertiary/aromatic N) is 1. The van der Waals surface area contributed by atoms with E-state index in [2.05, 4.69) is 4.98 Å². The Balaban J connectivity index is 2.13. The Bertz CT molecular complexity index is 541. The average Bonchev–Trinajstić information content (AvgIpc) is 2.39. The summed E-state index contributed by atoms with van der Waals surface area (Å²) in [6.45, 7) is 2.38. The summed E-state index contributed by atoms with van der Waals surface area (Å²) in [6.07, 6.45) is 1.66. The molecule has 0 unspecified atom stereocenters. The largest absolute Gasteiger partial charge is 0.493 e. The summed E-state index contributed by atoms with van der Waals surface area (Å²) in [6, 6.07) is 9.53. The van der Waals surface area contributed by atoms with Gasteiger partial charge < -0.3 is 15.2 Å². The minimum atomic E-state index is 0.374. The summed E-state index contributed by atoms with van der Waals surface area (Å²) in [5.41, 5.74) is 7.74. The van der Waals surface area contributed by atoms with Gasteiger partial charge in [0.25, 0.3) is 0 Å². The third kappa shape index (κ3) is 2.71. The van der Waals surface area contributed by atoms with Crippen LogP contribution < -0.4 is 15.2 Å². The summed E-state index contributed by atoms with van der Waals surface area (Å²) in [5.74, 6) is 1.91. The standard InChI is InChI=1S/C14H16N2O2/c1-10-5-6-12(13(8-10)17-2)18-9-11-4-3-7-16-14(11)15/h3-8H,9H2,1-2H3,(H2,15,16). The van der Waals surface area contributed by atoms with E-state index in [9.17, 15) is 0 Å². The number of nitrogen functional groups attached to an aromatic ring is 1. The summed E-state index contributed by atoms with van der Waals surface area (Å²) in [7, 11) is 1.63. The molecule has 18 heavy (non-hydrogen) atoms. The van der Waals surface area contributed by atoms with E-state index in [1.807, 2.05) is 37.3 Å². The maximum Gasteiger partial charge on any atom is 0.161 e. The van der Waals surface area contributed by atoms with Crippen LogP contribution in [0.2, 0.25) is 0 Å². The first kappa shape index (κ1) is 12.2. The van der Waals surface area contributed by atoms with Crippen LogP contribution in [0.15, 0.2) is 36.5 Å². The number of aryl methyl sites for hydroxylation is 1. The van der Waals surface area contributed by atoms with Gasteiger partial charge in [0.05, 0.1) is 7.11 Å². The van der Waals surface area contributed by atoms with Crippen molar-refractivity contribution in [2.45, 2.75) is 13.5 Å². The Hall–Kier alpha value is -2.23. The van der Waals surface area contributed by atoms with Crippen LogP contribution in [0, 0.1) is 6.92 Å². The number of nitrogens with two attached hydrogens (primary N) is 1. The van der Waals surface area contributed by atoms with Crippen molar-refractivity contribution in [2.24, 2.45) is 0 Å². The zero-order valence-corrected chi connectivity index (χ0v) is 10.5. The molecular formula is C14H16N2O2. The van der Waals surface area contributed by atoms with Gasteiger partial charge in [0, 0.05) is 11.8 Å². The molecule has 0 spiro atoms. The molecule has 0 atom stereocenters. The van der Waals surface area contributed by atoms with Gasteiger partial charge in [0.1, 0.15) is 12.4 Å². The summed E-state index contributed by atoms with van der Waals surface area (Å²) < 4.78 is 11.0. The van der Waals surface area contributed by atoms with Crippen molar-refractivity contribution in [3.8, 4) is 11.5 Å². The van der Waals surface area contributed by atoms with Gasteiger partial charge >= 0.3 is 0 Å². The number of aromatic nitrogens is 1. The molecule has 0 bridgehead atoms. The van der Waals surface area contributed by atoms with E-state index in [1.54, 1.807) is 13.3 Å². The molecule has 1 heterocycles. The fraction of sp³-hybridized carbons (Fsp3) is 0.214. The van der Waals surface area contributed by atoms with Crippen molar-refractivity contribution in [1.29, 1.82) is 0 Å². The fourth-order valence-electron chi connectivity index (χ4n) is 1.62. The number of ether oxygens (including phenoxy) is 2. The molecule has 0 fully saturated rings. The molecule has 1 aromatic carbocycles. The first-order valence-electron chi connectivity index (χ1n) is 5.67. The van der Waals surface area contributed by atoms with Crippen LogP contribution >= 0.6 is 0 Å². The van der Waals surface area contributed by atoms with E-state index in [4.69, 9.17) is 15.2 Å². The van der Waals surface area contributed by atoms with Crippen LogP contribution in [-0.4, -0.2) is 12.1 Å². The predicted octanol–water partition coefficient (Wildman–Crippen LogP) is 2.56. The lowest BCUT2D eigenvalue weighted by Gasteiger charge is -2.11. The van der Waals surface area contributed by atoms with Crippen LogP contribution in [0.3, 0.4) is 0 Å². The molecule has 0 amide bonds. The highest BCUT2D eigenvalue weighted by atomic mass is 16.5. The Kier molecular flexibility index (Phi) is 3.67. The highest BCUT2D eigenvalue weighted by Gasteiger charge is 2.06. The van der Waals surface area contributed by atoms with E-state index in [0.717, 1.165) is 16.9 Å². The molecule has 0 radical (unpaired) electrons. The van der Waals surface area contributed by atoms with E-state index in [1.165, 1.54) is 0 Å². The molecule has 0 aliphatic rings. The molecule has 1 aromatic heterocycles. The minimum Gasteiger partial charge on any atom is -0.493 e. The monoisotopic (exact) mass is 244 g/mol. The first-order chi connectivity index (χ1) is 8.70. The van der Waals surface area contributed by atoms with Crippen LogP contribution in [0.25, 0.3) is 0 Å². The quantitative estimate of drug-likeness (QED) is 0.898. The van der Waals surface area contributed by atoms with Gasteiger partial charge in [-0.15, -0.1) is 0 Å². The van der Waals surface area contributed by atoms with Gasteiger partial charge in [-0.2, -0.15) is 0 Å². The topological polar surface area (TPSA) is 57.4 Å². The number of hydrogen-bond acceptors (Lipinski definition) is 4. The molecule has 2 N–H and O–H groups in total. The second-order valence-corrected chi connectivity index (χ2v) is 3.99. The average molecular weight is 244 g/mol. The van der Waals surface area contributed by atoms with Gasteiger partial charge in [-0.3, -0.25) is 0 Å². The van der Waals surface area contributed by atoms with Crippen LogP contribution in [0.5, 0.6) is 11.5 Å². The number of hydrogen-bond donors (Lipinski definition) is 1. The zero-order chi connectivity index (χ0) is 13.0. The molecule has 2 aromatic rings. The molecule has 94 valence electrons. The predicted molar refractivity (Wildman–Crippen MR) is 70.7 cm³/mol. The highest BCUT2D eigenvalue weighted by molar-refractivity contribution is 5.43. The van der Waals surface area contributed by atoms with Crippen molar-refractivity contribution >= 4 is 5.82 Å². The molecule has 4 nitrogen and oxygen atoms in total. The van der Waals surface area contributed by atoms with Gasteiger partial charge in [-0.05, 0) is 30.7 Å². The summed E-state index contributed by atoms with van der Waals surface area (Å²) >= 11 is 0. The molecule has 0 saturated carbocycles. The van der Waals surface area contributed by atoms with Gasteiger partial charge in [0.15, 0.2) is 11.5 Å². The minimum absolute atomic E-state index is 0.374. The van der Waals surface area contributed by atoms with E-state index in [-0.39, 0.29) is 0 Å². The van der Waals surface area contributed by atoms with Gasteiger partial charge in [0.2, 0.25) is 0 Å². The molecule has 0 aliphatic carbocycles. The van der Waals surface area contributed by atoms with Crippen LogP contribution in [0.4, 0.5) is 5.82 Å². The Morgan fingerprint density at radius 2 is 2.06 bits per heavy atom. The number of benzene rings is 1. The molecular weight excluding hydrogens is 228 g/mol. The molecule has 4 heteroatoms. The normalized spacial score (nSPS) is 10.1. The van der Waals surface area contributed by atoms with Crippen molar-refractivity contribution in [2.75, 3.05) is 12.8 Å². The maximum atomic E-state index is 5.76. The van der Waals surface area contributed by atoms with Crippen molar-refractivity contribution in [3.05, 3.63) is 47.7 Å². The number of pyridine rings is 1. The lowest BCUT2D eigenvalue weighted by atomic mass is 10.2. The maximum absolute atomic E-state index is 5.76. The second kappa shape index (κ2) is 5.40. The van der Waals surface area contributed by atoms with Crippen molar-refractivity contribution < 1.29 is 9.47 Å². The summed E-state index contributed by atoms with van der Waals surface area (Å²) in [4.78, 5) is 4.01. The van der Waals surface area contributed by atoms with Crippen LogP contribution in [0.1, 0.15) is 11.1 Å². The molecule has 0 saturated heterocycles. The second-order valence-electron chi connectivity index (χ2n) is 3.99. The van der Waals surface area contributed by atoms with Crippen LogP contribution in [-0.2, 0) is 6.61 Å². The zero-order valence-electron chi connectivity index (χ0n) is 10.5. The summed E-state index contributed by atoms with van der Waals surface area (Å²) in [5, 5.41) is 0. The van der Waals surface area contributed by atoms with Gasteiger partial charge in [-0.25, -0.2) is 4.98 Å². The molecule has 2 rings (SSSR count). The van der Waals surface area contributed by atoms with E-state index >= 15 is 0 Å². The highest BCUT2D eigenvalue weighted by Crippen LogP contribution is 2.28. The number of anilines is 1. The van der Waals surface area contributed by atoms with E-state index in [0.29, 0.717) is 18.2 Å². The lowest BCUT2D eigenvalue weighted by molar-refractivity contribution is 0.284. The number of rotatable bonds is 4. The van der Waals surface area contributed by atoms with E-state index < -0.39 is 0 Å². The fourth-order valence-corrected chi connectivity index (χ4v) is 1.62. The SMILES string of the molecule is COc1cc(C)ccc1OCc1cccnc1N. The smallest absolute Gasteiger partial charge is 0.161 e. The van der Waals surface area contributed by atoms with Crippen molar-refractivity contribution in [3.63, 3.8) is 0 Å². The third-order valence-electron chi connectivity index (χ3n) is 2.63. The Labute approximate surface area is 106 Å². The Morgan fingerprint density at radius 1 is 1.22 bits per heavy atom. The van der Waals surface area contributed by atoms with Crippen molar-refractivity contribution in [1.82, 2.24) is 4.98 Å².